The average Bonchev–Trinajstić information content (AvgIpc) is 2.52. The van der Waals surface area contributed by atoms with E-state index in [1.807, 2.05) is 13.1 Å². The molecule has 5 heteroatoms. The molecule has 0 amide bonds. The molecule has 0 saturated heterocycles. The smallest absolute Gasteiger partial charge is 0.188 e. The van der Waals surface area contributed by atoms with Crippen LogP contribution >= 0.6 is 0 Å². The molecule has 1 aliphatic rings. The number of hydrogen-bond acceptors (Lipinski definition) is 3. The highest BCUT2D eigenvalue weighted by atomic mass is 28.4. The molecule has 1 aromatic carbocycles. The largest absolute Gasteiger partial charge is 0.490 e. The normalized spacial score (nSPS) is 18.8. The number of ketones is 1. The maximum absolute atomic E-state index is 13.4. The Morgan fingerprint density at radius 1 is 1.42 bits per heavy atom. The molecule has 1 aromatic rings. The summed E-state index contributed by atoms with van der Waals surface area (Å²) >= 11 is 0. The second-order valence-electron chi connectivity index (χ2n) is 8.95. The maximum atomic E-state index is 13.4. The van der Waals surface area contributed by atoms with E-state index in [-0.39, 0.29) is 28.7 Å². The van der Waals surface area contributed by atoms with E-state index in [0.29, 0.717) is 6.42 Å². The van der Waals surface area contributed by atoms with Gasteiger partial charge < -0.3 is 14.3 Å². The first-order chi connectivity index (χ1) is 12.0. The van der Waals surface area contributed by atoms with Gasteiger partial charge in [0.2, 0.25) is 0 Å². The number of benzene rings is 1. The standard InChI is InChI=1S/C21H33FO3Si/c1-15(23)7-6-8-17(14-21(2,3)26(4,5)24)20-11-9-16-13-18(22)10-12-19(16)25-20/h10,12-13,17,20,24H,6-9,11,14H2,1-5H3/t17-,20-/m0/s1. The fourth-order valence-corrected chi connectivity index (χ4v) is 4.41. The second-order valence-corrected chi connectivity index (χ2v) is 13.4. The van der Waals surface area contributed by atoms with Crippen LogP contribution in [0.4, 0.5) is 4.39 Å². The Labute approximate surface area is 158 Å². The molecule has 146 valence electrons. The lowest BCUT2D eigenvalue weighted by atomic mass is 9.83. The molecule has 0 fully saturated rings. The number of fused-ring (bicyclic) bond motifs is 1. The van der Waals surface area contributed by atoms with Crippen molar-refractivity contribution in [1.82, 2.24) is 0 Å². The zero-order valence-electron chi connectivity index (χ0n) is 16.8. The number of Topliss-reactive ketones (excluding diaryl/α,β-unsaturated/α-hetero) is 1. The first-order valence-electron chi connectivity index (χ1n) is 9.66. The summed E-state index contributed by atoms with van der Waals surface area (Å²) < 4.78 is 19.7. The van der Waals surface area contributed by atoms with Crippen LogP contribution in [0.25, 0.3) is 0 Å². The Kier molecular flexibility index (Phi) is 6.67. The van der Waals surface area contributed by atoms with Crippen molar-refractivity contribution in [3.8, 4) is 5.75 Å². The van der Waals surface area contributed by atoms with Gasteiger partial charge in [-0.15, -0.1) is 0 Å². The Bertz CT molecular complexity index is 637. The average molecular weight is 381 g/mol. The molecule has 1 heterocycles. The van der Waals surface area contributed by atoms with E-state index in [1.54, 1.807) is 19.1 Å². The van der Waals surface area contributed by atoms with Crippen LogP contribution in [-0.4, -0.2) is 25.0 Å². The first kappa shape index (κ1) is 21.1. The monoisotopic (exact) mass is 380 g/mol. The molecule has 0 radical (unpaired) electrons. The number of halogens is 1. The van der Waals surface area contributed by atoms with Gasteiger partial charge in [0.1, 0.15) is 23.5 Å². The summed E-state index contributed by atoms with van der Waals surface area (Å²) in [6.07, 6.45) is 4.93. The number of ether oxygens (including phenoxy) is 1. The fraction of sp³-hybridized carbons (Fsp3) is 0.667. The van der Waals surface area contributed by atoms with Crippen molar-refractivity contribution in [2.45, 2.75) is 83.5 Å². The summed E-state index contributed by atoms with van der Waals surface area (Å²) in [6.45, 7) is 9.89. The van der Waals surface area contributed by atoms with E-state index in [1.165, 1.54) is 6.07 Å². The lowest BCUT2D eigenvalue weighted by Crippen LogP contribution is -2.42. The van der Waals surface area contributed by atoms with Crippen molar-refractivity contribution in [3.63, 3.8) is 0 Å². The van der Waals surface area contributed by atoms with Crippen LogP contribution in [0.3, 0.4) is 0 Å². The molecule has 0 aromatic heterocycles. The Balaban J connectivity index is 2.15. The van der Waals surface area contributed by atoms with Crippen molar-refractivity contribution >= 4 is 14.1 Å². The summed E-state index contributed by atoms with van der Waals surface area (Å²) in [4.78, 5) is 22.0. The fourth-order valence-electron chi connectivity index (χ4n) is 3.65. The lowest BCUT2D eigenvalue weighted by molar-refractivity contribution is -0.117. The highest BCUT2D eigenvalue weighted by Gasteiger charge is 2.42. The molecule has 0 unspecified atom stereocenters. The third-order valence-corrected chi connectivity index (χ3v) is 9.57. The van der Waals surface area contributed by atoms with Crippen LogP contribution in [0, 0.1) is 11.7 Å². The van der Waals surface area contributed by atoms with Crippen LogP contribution in [0.2, 0.25) is 18.1 Å². The zero-order valence-corrected chi connectivity index (χ0v) is 17.8. The molecule has 1 aliphatic heterocycles. The van der Waals surface area contributed by atoms with Crippen molar-refractivity contribution in [1.29, 1.82) is 0 Å². The Morgan fingerprint density at radius 2 is 2.12 bits per heavy atom. The minimum Gasteiger partial charge on any atom is -0.490 e. The molecule has 0 saturated carbocycles. The van der Waals surface area contributed by atoms with Gasteiger partial charge >= 0.3 is 0 Å². The van der Waals surface area contributed by atoms with Gasteiger partial charge in [-0.3, -0.25) is 0 Å². The third kappa shape index (κ3) is 5.40. The summed E-state index contributed by atoms with van der Waals surface area (Å²) in [6, 6.07) is 4.73. The summed E-state index contributed by atoms with van der Waals surface area (Å²) in [7, 11) is -2.32. The molecule has 0 spiro atoms. The van der Waals surface area contributed by atoms with Gasteiger partial charge in [0.15, 0.2) is 8.32 Å². The first-order valence-corrected chi connectivity index (χ1v) is 12.6. The minimum absolute atomic E-state index is 0.0514. The van der Waals surface area contributed by atoms with Gasteiger partial charge in [0.25, 0.3) is 0 Å². The maximum Gasteiger partial charge on any atom is 0.188 e. The molecule has 2 rings (SSSR count). The highest BCUT2D eigenvalue weighted by molar-refractivity contribution is 6.72. The molecule has 26 heavy (non-hydrogen) atoms. The number of carbonyl (C=O) groups is 1. The van der Waals surface area contributed by atoms with Crippen molar-refractivity contribution in [3.05, 3.63) is 29.6 Å². The topological polar surface area (TPSA) is 46.5 Å². The van der Waals surface area contributed by atoms with Crippen molar-refractivity contribution in [2.24, 2.45) is 5.92 Å². The number of carbonyl (C=O) groups excluding carboxylic acids is 1. The predicted molar refractivity (Wildman–Crippen MR) is 106 cm³/mol. The van der Waals surface area contributed by atoms with Gasteiger partial charge in [-0.2, -0.15) is 0 Å². The zero-order chi connectivity index (χ0) is 19.5. The van der Waals surface area contributed by atoms with Crippen LogP contribution in [0.15, 0.2) is 18.2 Å². The number of hydrogen-bond donors (Lipinski definition) is 1. The van der Waals surface area contributed by atoms with Gasteiger partial charge in [-0.25, -0.2) is 4.39 Å². The van der Waals surface area contributed by atoms with Crippen LogP contribution in [0.5, 0.6) is 5.75 Å². The summed E-state index contributed by atoms with van der Waals surface area (Å²) in [5.74, 6) is 1.04. The molecule has 3 nitrogen and oxygen atoms in total. The Morgan fingerprint density at radius 3 is 2.73 bits per heavy atom. The van der Waals surface area contributed by atoms with Crippen LogP contribution in [0.1, 0.15) is 58.4 Å². The van der Waals surface area contributed by atoms with Gasteiger partial charge in [-0.05, 0) is 86.8 Å². The predicted octanol–water partition coefficient (Wildman–Crippen LogP) is 5.26. The third-order valence-electron chi connectivity index (χ3n) is 6.06. The van der Waals surface area contributed by atoms with E-state index in [2.05, 4.69) is 13.8 Å². The van der Waals surface area contributed by atoms with E-state index >= 15 is 0 Å². The number of rotatable bonds is 8. The Hall–Kier alpha value is -1.20. The number of aryl methyl sites for hydroxylation is 1. The van der Waals surface area contributed by atoms with Crippen LogP contribution < -0.4 is 4.74 Å². The molecule has 2 atom stereocenters. The second kappa shape index (κ2) is 8.22. The highest BCUT2D eigenvalue weighted by Crippen LogP contribution is 2.45. The van der Waals surface area contributed by atoms with Crippen LogP contribution in [-0.2, 0) is 11.2 Å². The summed E-state index contributed by atoms with van der Waals surface area (Å²) in [5, 5.41) is -0.139. The van der Waals surface area contributed by atoms with Gasteiger partial charge in [0, 0.05) is 6.42 Å². The molecular weight excluding hydrogens is 347 g/mol. The minimum atomic E-state index is -2.32. The van der Waals surface area contributed by atoms with E-state index in [9.17, 15) is 14.0 Å². The van der Waals surface area contributed by atoms with Gasteiger partial charge in [0.05, 0.1) is 0 Å². The van der Waals surface area contributed by atoms with Gasteiger partial charge in [-0.1, -0.05) is 13.8 Å². The molecular formula is C21H33FO3Si. The summed E-state index contributed by atoms with van der Waals surface area (Å²) in [5.41, 5.74) is 0.930. The molecule has 0 bridgehead atoms. The molecule has 0 aliphatic carbocycles. The van der Waals surface area contributed by atoms with E-state index in [4.69, 9.17) is 4.74 Å². The SMILES string of the molecule is CC(=O)CCC[C@@H](CC(C)(C)[Si](C)(C)O)[C@@H]1CCc2cc(F)ccc2O1. The van der Waals surface area contributed by atoms with Crippen molar-refractivity contribution in [2.75, 3.05) is 0 Å². The van der Waals surface area contributed by atoms with Crippen molar-refractivity contribution < 1.29 is 18.7 Å². The quantitative estimate of drug-likeness (QED) is 0.626. The van der Waals surface area contributed by atoms with E-state index < -0.39 is 8.32 Å². The van der Waals surface area contributed by atoms with E-state index in [0.717, 1.165) is 43.4 Å². The lowest BCUT2D eigenvalue weighted by Gasteiger charge is -2.41. The molecule has 1 N–H and O–H groups in total.